The number of alkyl halides is 3. The lowest BCUT2D eigenvalue weighted by molar-refractivity contribution is -0.271. The molecule has 0 bridgehead atoms. The summed E-state index contributed by atoms with van der Waals surface area (Å²) in [6.45, 7) is 0.411. The van der Waals surface area contributed by atoms with E-state index in [2.05, 4.69) is 5.32 Å². The summed E-state index contributed by atoms with van der Waals surface area (Å²) in [6, 6.07) is 14.3. The number of benzene rings is 2. The summed E-state index contributed by atoms with van der Waals surface area (Å²) in [7, 11) is 0.897. The molecule has 2 fully saturated rings. The smallest absolute Gasteiger partial charge is 0.430 e. The Hall–Kier alpha value is -3.11. The van der Waals surface area contributed by atoms with Gasteiger partial charge in [0.15, 0.2) is 0 Å². The lowest BCUT2D eigenvalue weighted by Crippen LogP contribution is -2.60. The minimum Gasteiger partial charge on any atom is -0.491 e. The Bertz CT molecular complexity index is 1100. The average Bonchev–Trinajstić information content (AvgIpc) is 2.89. The first-order chi connectivity index (χ1) is 17.7. The van der Waals surface area contributed by atoms with E-state index in [-0.39, 0.29) is 50.1 Å². The summed E-state index contributed by atoms with van der Waals surface area (Å²) >= 11 is 0. The number of aliphatic hydroxyl groups is 1. The van der Waals surface area contributed by atoms with E-state index in [0.717, 1.165) is 12.7 Å². The first-order valence-electron chi connectivity index (χ1n) is 12.2. The lowest BCUT2D eigenvalue weighted by Gasteiger charge is -2.50. The Morgan fingerprint density at radius 3 is 2.38 bits per heavy atom. The van der Waals surface area contributed by atoms with Crippen LogP contribution in [0.25, 0.3) is 0 Å². The lowest BCUT2D eigenvalue weighted by atomic mass is 9.62. The fourth-order valence-electron chi connectivity index (χ4n) is 5.74. The van der Waals surface area contributed by atoms with Crippen molar-refractivity contribution in [2.45, 2.75) is 37.0 Å². The van der Waals surface area contributed by atoms with Crippen molar-refractivity contribution in [2.24, 2.45) is 5.41 Å². The molecule has 7 nitrogen and oxygen atoms in total. The van der Waals surface area contributed by atoms with Crippen LogP contribution < -0.4 is 10.1 Å². The number of piperidine rings is 2. The second-order valence-electron chi connectivity index (χ2n) is 9.55. The van der Waals surface area contributed by atoms with Crippen LogP contribution in [0.4, 0.5) is 13.2 Å². The second-order valence-corrected chi connectivity index (χ2v) is 9.55. The second kappa shape index (κ2) is 10.7. The van der Waals surface area contributed by atoms with Gasteiger partial charge in [0, 0.05) is 44.6 Å². The van der Waals surface area contributed by atoms with Gasteiger partial charge >= 0.3 is 6.18 Å². The maximum atomic E-state index is 14.4. The number of aliphatic hydroxyl groups excluding tert-OH is 1. The summed E-state index contributed by atoms with van der Waals surface area (Å²) in [5, 5.41) is 12.1. The van der Waals surface area contributed by atoms with Crippen LogP contribution in [0.5, 0.6) is 5.75 Å². The molecule has 0 aliphatic carbocycles. The normalized spacial score (nSPS) is 21.3. The van der Waals surface area contributed by atoms with Gasteiger partial charge in [-0.3, -0.25) is 9.59 Å². The van der Waals surface area contributed by atoms with Gasteiger partial charge in [-0.2, -0.15) is 13.2 Å². The van der Waals surface area contributed by atoms with Crippen molar-refractivity contribution >= 4 is 11.8 Å². The van der Waals surface area contributed by atoms with Crippen LogP contribution in [0.2, 0.25) is 0 Å². The van der Waals surface area contributed by atoms with Crippen molar-refractivity contribution in [3.05, 3.63) is 65.7 Å². The van der Waals surface area contributed by atoms with Crippen LogP contribution in [-0.2, 0) is 19.9 Å². The standard InChI is InChI=1S/C27H31F3N2O5/c1-36-26(27(28,29)30,19-7-3-2-4-8-19)24(35)32-13-11-25(12-14-32)17-23(34)31-18-21(25)20-9-5-6-10-22(20)37-16-15-33/h2-10,21,33H,11-18H2,1H3,(H,31,34)/t21-,26+/m0/s1. The maximum absolute atomic E-state index is 14.4. The SMILES string of the molecule is CO[C@@](C(=O)N1CCC2(CC1)CC(=O)NC[C@H]2c1ccccc1OCCO)(c1ccccc1)C(F)(F)F. The topological polar surface area (TPSA) is 88.1 Å². The van der Waals surface area contributed by atoms with Crippen molar-refractivity contribution in [3.8, 4) is 5.75 Å². The average molecular weight is 521 g/mol. The third-order valence-corrected chi connectivity index (χ3v) is 7.63. The first kappa shape index (κ1) is 26.9. The van der Waals surface area contributed by atoms with Crippen molar-refractivity contribution in [1.82, 2.24) is 10.2 Å². The molecule has 0 saturated carbocycles. The molecule has 2 N–H and O–H groups in total. The van der Waals surface area contributed by atoms with E-state index >= 15 is 0 Å². The molecule has 2 aliphatic heterocycles. The van der Waals surface area contributed by atoms with E-state index in [1.807, 2.05) is 18.2 Å². The van der Waals surface area contributed by atoms with E-state index in [1.54, 1.807) is 12.1 Å². The van der Waals surface area contributed by atoms with Gasteiger partial charge in [-0.15, -0.1) is 0 Å². The van der Waals surface area contributed by atoms with Gasteiger partial charge in [0.2, 0.25) is 5.91 Å². The summed E-state index contributed by atoms with van der Waals surface area (Å²) in [6.07, 6.45) is -4.10. The first-order valence-corrected chi connectivity index (χ1v) is 12.2. The fraction of sp³-hybridized carbons (Fsp3) is 0.481. The van der Waals surface area contributed by atoms with Gasteiger partial charge < -0.3 is 24.8 Å². The molecule has 4 rings (SSSR count). The highest BCUT2D eigenvalue weighted by atomic mass is 19.4. The summed E-state index contributed by atoms with van der Waals surface area (Å²) in [5.41, 5.74) is -3.09. The largest absolute Gasteiger partial charge is 0.491 e. The number of hydrogen-bond acceptors (Lipinski definition) is 5. The molecule has 2 aliphatic rings. The molecule has 1 spiro atoms. The molecular weight excluding hydrogens is 489 g/mol. The summed E-state index contributed by atoms with van der Waals surface area (Å²) in [4.78, 5) is 27.2. The summed E-state index contributed by atoms with van der Waals surface area (Å²) < 4.78 is 54.0. The van der Waals surface area contributed by atoms with Gasteiger partial charge in [-0.05, 0) is 29.9 Å². The molecular formula is C27H31F3N2O5. The van der Waals surface area contributed by atoms with Crippen LogP contribution >= 0.6 is 0 Å². The van der Waals surface area contributed by atoms with E-state index in [4.69, 9.17) is 9.47 Å². The third kappa shape index (κ3) is 4.92. The predicted octanol–water partition coefficient (Wildman–Crippen LogP) is 3.37. The van der Waals surface area contributed by atoms with Crippen LogP contribution in [0.3, 0.4) is 0 Å². The van der Waals surface area contributed by atoms with Gasteiger partial charge in [-0.1, -0.05) is 48.5 Å². The fourth-order valence-corrected chi connectivity index (χ4v) is 5.74. The van der Waals surface area contributed by atoms with Crippen molar-refractivity contribution in [1.29, 1.82) is 0 Å². The number of carbonyl (C=O) groups excluding carboxylic acids is 2. The Balaban J connectivity index is 1.62. The van der Waals surface area contributed by atoms with Crippen LogP contribution in [0.1, 0.15) is 36.3 Å². The molecule has 2 saturated heterocycles. The zero-order valence-electron chi connectivity index (χ0n) is 20.6. The number of methoxy groups -OCH3 is 1. The van der Waals surface area contributed by atoms with Gasteiger partial charge in [0.1, 0.15) is 12.4 Å². The van der Waals surface area contributed by atoms with Crippen LogP contribution in [0, 0.1) is 5.41 Å². The number of nitrogens with zero attached hydrogens (tertiary/aromatic N) is 1. The Morgan fingerprint density at radius 2 is 1.76 bits per heavy atom. The minimum atomic E-state index is -4.98. The van der Waals surface area contributed by atoms with E-state index in [9.17, 15) is 27.9 Å². The Kier molecular flexibility index (Phi) is 7.80. The number of ether oxygens (including phenoxy) is 2. The summed E-state index contributed by atoms with van der Waals surface area (Å²) in [5.74, 6) is -0.862. The Labute approximate surface area is 213 Å². The van der Waals surface area contributed by atoms with E-state index < -0.39 is 23.1 Å². The number of carbonyl (C=O) groups is 2. The number of rotatable bonds is 7. The number of amides is 2. The van der Waals surface area contributed by atoms with Crippen LogP contribution in [-0.4, -0.2) is 68.0 Å². The van der Waals surface area contributed by atoms with Crippen molar-refractivity contribution in [3.63, 3.8) is 0 Å². The molecule has 0 unspecified atom stereocenters. The number of nitrogens with one attached hydrogen (secondary N) is 1. The quantitative estimate of drug-likeness (QED) is 0.585. The highest BCUT2D eigenvalue weighted by Gasteiger charge is 2.64. The number of likely N-dealkylation sites (tertiary alicyclic amines) is 1. The van der Waals surface area contributed by atoms with Crippen molar-refractivity contribution < 1.29 is 37.3 Å². The zero-order valence-corrected chi connectivity index (χ0v) is 20.6. The number of hydrogen-bond donors (Lipinski definition) is 2. The molecule has 2 aromatic rings. The molecule has 0 radical (unpaired) electrons. The molecule has 2 atom stereocenters. The van der Waals surface area contributed by atoms with Gasteiger partial charge in [-0.25, -0.2) is 0 Å². The molecule has 200 valence electrons. The van der Waals surface area contributed by atoms with E-state index in [1.165, 1.54) is 29.2 Å². The molecule has 37 heavy (non-hydrogen) atoms. The highest BCUT2D eigenvalue weighted by Crippen LogP contribution is 2.52. The highest BCUT2D eigenvalue weighted by molar-refractivity contribution is 5.88. The molecule has 2 aromatic carbocycles. The van der Waals surface area contributed by atoms with Gasteiger partial charge in [0.25, 0.3) is 11.5 Å². The monoisotopic (exact) mass is 520 g/mol. The Morgan fingerprint density at radius 1 is 1.11 bits per heavy atom. The molecule has 2 heterocycles. The van der Waals surface area contributed by atoms with Gasteiger partial charge in [0.05, 0.1) is 6.61 Å². The minimum absolute atomic E-state index is 0.0519. The zero-order chi connectivity index (χ0) is 26.7. The number of halogens is 3. The van der Waals surface area contributed by atoms with Crippen molar-refractivity contribution in [2.75, 3.05) is 40.0 Å². The molecule has 2 amide bonds. The molecule has 10 heteroatoms. The van der Waals surface area contributed by atoms with Crippen LogP contribution in [0.15, 0.2) is 54.6 Å². The predicted molar refractivity (Wildman–Crippen MR) is 129 cm³/mol. The molecule has 0 aromatic heterocycles. The maximum Gasteiger partial charge on any atom is 0.430 e. The third-order valence-electron chi connectivity index (χ3n) is 7.63. The number of para-hydroxylation sites is 1. The van der Waals surface area contributed by atoms with E-state index in [0.29, 0.717) is 25.1 Å².